The van der Waals surface area contributed by atoms with Crippen molar-refractivity contribution < 1.29 is 24.1 Å². The minimum atomic E-state index is -2.44. The molecule has 1 aliphatic rings. The summed E-state index contributed by atoms with van der Waals surface area (Å²) in [4.78, 5) is 10.4. The zero-order chi connectivity index (χ0) is 11.5. The van der Waals surface area contributed by atoms with Crippen LogP contribution in [-0.2, 0) is 0 Å². The number of nitrogens with one attached hydrogen (secondary N) is 1. The number of rotatable bonds is 3. The molecular weight excluding hydrogens is 222 g/mol. The van der Waals surface area contributed by atoms with Gasteiger partial charge in [0.2, 0.25) is 0 Å². The molecule has 0 bridgehead atoms. The molecule has 0 saturated carbocycles. The standard InChI is InChI=1S/C8H17NO5S/c10-5-7(9-8(11)12)6-1-3-15(13,14)4-2-6/h6-7,9-10,13-14H,1-5H2,(H,11,12). The Labute approximate surface area is 89.7 Å². The fraction of sp³-hybridized carbons (Fsp3) is 0.875. The molecule has 0 spiro atoms. The van der Waals surface area contributed by atoms with Gasteiger partial charge in [-0.2, -0.15) is 10.6 Å². The van der Waals surface area contributed by atoms with E-state index in [1.165, 1.54) is 0 Å². The molecule has 0 aromatic rings. The highest BCUT2D eigenvalue weighted by atomic mass is 32.3. The monoisotopic (exact) mass is 239 g/mol. The van der Waals surface area contributed by atoms with E-state index in [1.807, 2.05) is 0 Å². The van der Waals surface area contributed by atoms with Crippen molar-refractivity contribution in [1.82, 2.24) is 5.32 Å². The quantitative estimate of drug-likeness (QED) is 0.500. The minimum absolute atomic E-state index is 0.00831. The van der Waals surface area contributed by atoms with Gasteiger partial charge in [0, 0.05) is 11.5 Å². The maximum absolute atomic E-state index is 10.4. The Balaban J connectivity index is 2.46. The first-order chi connectivity index (χ1) is 6.94. The van der Waals surface area contributed by atoms with Crippen LogP contribution in [0.2, 0.25) is 0 Å². The number of carbonyl (C=O) groups is 1. The van der Waals surface area contributed by atoms with Gasteiger partial charge in [0.05, 0.1) is 12.6 Å². The molecule has 1 saturated heterocycles. The molecule has 90 valence electrons. The number of hydrogen-bond acceptors (Lipinski definition) is 4. The van der Waals surface area contributed by atoms with E-state index < -0.39 is 22.7 Å². The van der Waals surface area contributed by atoms with Crippen LogP contribution in [0, 0.1) is 5.92 Å². The molecule has 0 aromatic carbocycles. The van der Waals surface area contributed by atoms with Crippen molar-refractivity contribution in [3.05, 3.63) is 0 Å². The molecular formula is C8H17NO5S. The van der Waals surface area contributed by atoms with E-state index >= 15 is 0 Å². The maximum Gasteiger partial charge on any atom is 0.404 e. The second-order valence-electron chi connectivity index (χ2n) is 3.79. The number of amides is 1. The summed E-state index contributed by atoms with van der Waals surface area (Å²) in [6.07, 6.45) is -0.0898. The van der Waals surface area contributed by atoms with Crippen molar-refractivity contribution >= 4 is 16.7 Å². The van der Waals surface area contributed by atoms with Gasteiger partial charge in [0.1, 0.15) is 0 Å². The van der Waals surface area contributed by atoms with Crippen LogP contribution in [0.1, 0.15) is 12.8 Å². The topological polar surface area (TPSA) is 110 Å². The van der Waals surface area contributed by atoms with Gasteiger partial charge in [-0.25, -0.2) is 4.79 Å². The van der Waals surface area contributed by atoms with Crippen LogP contribution in [0.25, 0.3) is 0 Å². The summed E-state index contributed by atoms with van der Waals surface area (Å²) >= 11 is 0. The van der Waals surface area contributed by atoms with Crippen molar-refractivity contribution in [1.29, 1.82) is 0 Å². The van der Waals surface area contributed by atoms with E-state index in [0.29, 0.717) is 24.3 Å². The molecule has 1 fully saturated rings. The van der Waals surface area contributed by atoms with Gasteiger partial charge in [0.15, 0.2) is 0 Å². The Bertz CT molecular complexity index is 225. The fourth-order valence-corrected chi connectivity index (χ4v) is 3.36. The molecule has 0 aromatic heterocycles. The summed E-state index contributed by atoms with van der Waals surface area (Å²) in [7, 11) is -2.44. The van der Waals surface area contributed by atoms with Crippen LogP contribution in [0.5, 0.6) is 0 Å². The zero-order valence-corrected chi connectivity index (χ0v) is 9.11. The first-order valence-electron chi connectivity index (χ1n) is 4.78. The van der Waals surface area contributed by atoms with Crippen molar-refractivity contribution in [2.24, 2.45) is 5.92 Å². The molecule has 1 rings (SSSR count). The van der Waals surface area contributed by atoms with E-state index in [9.17, 15) is 13.9 Å². The molecule has 0 radical (unpaired) electrons. The van der Waals surface area contributed by atoms with Crippen LogP contribution in [-0.4, -0.2) is 49.6 Å². The van der Waals surface area contributed by atoms with E-state index in [4.69, 9.17) is 10.2 Å². The molecule has 6 nitrogen and oxygen atoms in total. The van der Waals surface area contributed by atoms with Crippen LogP contribution in [0.15, 0.2) is 0 Å². The summed E-state index contributed by atoms with van der Waals surface area (Å²) in [5.74, 6) is 0.594. The highest BCUT2D eigenvalue weighted by molar-refractivity contribution is 8.24. The molecule has 1 aliphatic heterocycles. The zero-order valence-electron chi connectivity index (χ0n) is 8.30. The van der Waals surface area contributed by atoms with Crippen LogP contribution in [0.4, 0.5) is 4.79 Å². The summed E-state index contributed by atoms with van der Waals surface area (Å²) < 4.78 is 18.7. The van der Waals surface area contributed by atoms with Gasteiger partial charge >= 0.3 is 6.09 Å². The fourth-order valence-electron chi connectivity index (χ4n) is 1.80. The Morgan fingerprint density at radius 1 is 1.40 bits per heavy atom. The van der Waals surface area contributed by atoms with Crippen LogP contribution in [0.3, 0.4) is 0 Å². The lowest BCUT2D eigenvalue weighted by Gasteiger charge is -2.41. The Morgan fingerprint density at radius 3 is 2.33 bits per heavy atom. The second-order valence-corrected chi connectivity index (χ2v) is 6.21. The molecule has 1 heterocycles. The van der Waals surface area contributed by atoms with Gasteiger partial charge < -0.3 is 15.5 Å². The van der Waals surface area contributed by atoms with Crippen molar-refractivity contribution in [2.75, 3.05) is 18.1 Å². The summed E-state index contributed by atoms with van der Waals surface area (Å²) in [5.41, 5.74) is 0. The van der Waals surface area contributed by atoms with Gasteiger partial charge in [-0.3, -0.25) is 9.11 Å². The lowest BCUT2D eigenvalue weighted by atomic mass is 9.94. The van der Waals surface area contributed by atoms with Gasteiger partial charge in [0.25, 0.3) is 0 Å². The molecule has 15 heavy (non-hydrogen) atoms. The lowest BCUT2D eigenvalue weighted by molar-refractivity contribution is 0.157. The van der Waals surface area contributed by atoms with Gasteiger partial charge in [-0.05, 0) is 18.8 Å². The first-order valence-corrected chi connectivity index (χ1v) is 6.67. The molecule has 1 atom stereocenters. The minimum Gasteiger partial charge on any atom is -0.465 e. The third-order valence-electron chi connectivity index (χ3n) is 2.71. The third-order valence-corrected chi connectivity index (χ3v) is 4.48. The number of aliphatic hydroxyl groups excluding tert-OH is 1. The largest absolute Gasteiger partial charge is 0.465 e. The molecule has 7 heteroatoms. The molecule has 1 unspecified atom stereocenters. The Hall–Kier alpha value is -0.500. The predicted octanol–water partition coefficient (Wildman–Crippen LogP) is 0.775. The van der Waals surface area contributed by atoms with Gasteiger partial charge in [-0.15, -0.1) is 0 Å². The number of aliphatic hydroxyl groups is 1. The summed E-state index contributed by atoms with van der Waals surface area (Å²) in [6, 6.07) is -0.502. The number of carboxylic acid groups (broad SMARTS) is 1. The molecule has 1 amide bonds. The average molecular weight is 239 g/mol. The molecule has 0 aliphatic carbocycles. The van der Waals surface area contributed by atoms with Crippen LogP contribution >= 0.6 is 10.6 Å². The maximum atomic E-state index is 10.4. The predicted molar refractivity (Wildman–Crippen MR) is 57.3 cm³/mol. The highest BCUT2D eigenvalue weighted by Crippen LogP contribution is 2.46. The van der Waals surface area contributed by atoms with E-state index in [2.05, 4.69) is 5.32 Å². The SMILES string of the molecule is O=C(O)NC(CO)C1CCS(O)(O)CC1. The van der Waals surface area contributed by atoms with E-state index in [0.717, 1.165) is 0 Å². The van der Waals surface area contributed by atoms with Crippen molar-refractivity contribution in [3.8, 4) is 0 Å². The smallest absolute Gasteiger partial charge is 0.404 e. The number of hydrogen-bond donors (Lipinski definition) is 5. The first kappa shape index (κ1) is 12.6. The van der Waals surface area contributed by atoms with Crippen LogP contribution < -0.4 is 5.32 Å². The van der Waals surface area contributed by atoms with Crippen molar-refractivity contribution in [3.63, 3.8) is 0 Å². The van der Waals surface area contributed by atoms with E-state index in [1.54, 1.807) is 0 Å². The summed E-state index contributed by atoms with van der Waals surface area (Å²) in [6.45, 7) is -0.254. The van der Waals surface area contributed by atoms with Gasteiger partial charge in [-0.1, -0.05) is 0 Å². The van der Waals surface area contributed by atoms with Crippen molar-refractivity contribution in [2.45, 2.75) is 18.9 Å². The van der Waals surface area contributed by atoms with E-state index in [-0.39, 0.29) is 12.5 Å². The average Bonchev–Trinajstić information content (AvgIpc) is 2.14. The Morgan fingerprint density at radius 2 is 1.93 bits per heavy atom. The lowest BCUT2D eigenvalue weighted by Crippen LogP contribution is -2.44. The normalized spacial score (nSPS) is 25.5. The molecule has 5 N–H and O–H groups in total. The third kappa shape index (κ3) is 3.86. The summed E-state index contributed by atoms with van der Waals surface area (Å²) in [5, 5.41) is 19.8. The second kappa shape index (κ2) is 5.02. The highest BCUT2D eigenvalue weighted by Gasteiger charge is 2.30. The Kier molecular flexibility index (Phi) is 4.21.